The van der Waals surface area contributed by atoms with Gasteiger partial charge in [0.25, 0.3) is 5.91 Å². The summed E-state index contributed by atoms with van der Waals surface area (Å²) in [6, 6.07) is 11.9. The van der Waals surface area contributed by atoms with E-state index in [1.807, 2.05) is 26.0 Å². The van der Waals surface area contributed by atoms with Gasteiger partial charge in [-0.15, -0.1) is 0 Å². The lowest BCUT2D eigenvalue weighted by Crippen LogP contribution is -2.44. The maximum absolute atomic E-state index is 10.2. The Morgan fingerprint density at radius 2 is 1.67 bits per heavy atom. The molecule has 27 heavy (non-hydrogen) atoms. The Labute approximate surface area is 159 Å². The predicted molar refractivity (Wildman–Crippen MR) is 98.7 cm³/mol. The molecule has 0 amide bonds. The quantitative estimate of drug-likeness (QED) is 0.706. The second-order valence-electron chi connectivity index (χ2n) is 6.82. The molecule has 142 valence electrons. The number of hydrogen-bond donors (Lipinski definition) is 1. The van der Waals surface area contributed by atoms with E-state index in [1.54, 1.807) is 19.2 Å². The number of nitriles is 2. The molecule has 1 heterocycles. The summed E-state index contributed by atoms with van der Waals surface area (Å²) in [6.45, 7) is 4.61. The highest BCUT2D eigenvalue weighted by Crippen LogP contribution is 2.82. The van der Waals surface area contributed by atoms with Crippen molar-refractivity contribution in [3.05, 3.63) is 29.8 Å². The molecule has 0 saturated heterocycles. The third kappa shape index (κ3) is 2.29. The lowest BCUT2D eigenvalue weighted by molar-refractivity contribution is -0.259. The summed E-state index contributed by atoms with van der Waals surface area (Å²) in [6.07, 6.45) is 1.45. The fourth-order valence-corrected chi connectivity index (χ4v) is 4.14. The summed E-state index contributed by atoms with van der Waals surface area (Å²) in [7, 11) is 1.58. The summed E-state index contributed by atoms with van der Waals surface area (Å²) in [5.74, 6) is -1.27. The van der Waals surface area contributed by atoms with Crippen LogP contribution in [-0.2, 0) is 9.47 Å². The van der Waals surface area contributed by atoms with Crippen molar-refractivity contribution in [3.63, 3.8) is 0 Å². The van der Waals surface area contributed by atoms with E-state index in [0.717, 1.165) is 18.4 Å². The number of fused-ring (bicyclic) bond motifs is 1. The van der Waals surface area contributed by atoms with Gasteiger partial charge in [-0.2, -0.15) is 10.5 Å². The minimum absolute atomic E-state index is 0.0968. The van der Waals surface area contributed by atoms with Crippen LogP contribution in [0.5, 0.6) is 5.75 Å². The molecule has 0 aromatic heterocycles. The van der Waals surface area contributed by atoms with Crippen molar-refractivity contribution < 1.29 is 14.2 Å². The van der Waals surface area contributed by atoms with Crippen molar-refractivity contribution >= 4 is 5.84 Å². The zero-order valence-corrected chi connectivity index (χ0v) is 15.9. The van der Waals surface area contributed by atoms with Crippen LogP contribution in [0.4, 0.5) is 0 Å². The number of amidine groups is 1. The number of ether oxygens (including phenoxy) is 3. The molecule has 3 rings (SSSR count). The molecule has 1 fully saturated rings. The minimum atomic E-state index is -1.57. The summed E-state index contributed by atoms with van der Waals surface area (Å²) >= 11 is 0. The topological polar surface area (TPSA) is 114 Å². The highest BCUT2D eigenvalue weighted by Gasteiger charge is 2.93. The van der Waals surface area contributed by atoms with Crippen LogP contribution < -0.4 is 10.5 Å². The van der Waals surface area contributed by atoms with Gasteiger partial charge in [0, 0.05) is 5.92 Å². The zero-order valence-electron chi connectivity index (χ0n) is 15.9. The van der Waals surface area contributed by atoms with E-state index in [2.05, 4.69) is 17.1 Å². The largest absolute Gasteiger partial charge is 0.497 e. The van der Waals surface area contributed by atoms with Crippen LogP contribution in [0.15, 0.2) is 29.3 Å². The molecule has 2 aliphatic rings. The lowest BCUT2D eigenvalue weighted by Gasteiger charge is -2.32. The summed E-state index contributed by atoms with van der Waals surface area (Å²) in [5.41, 5.74) is 4.44. The Morgan fingerprint density at radius 1 is 1.07 bits per heavy atom. The summed E-state index contributed by atoms with van der Waals surface area (Å²) in [5, 5.41) is 20.3. The van der Waals surface area contributed by atoms with Crippen molar-refractivity contribution in [1.29, 1.82) is 10.5 Å². The van der Waals surface area contributed by atoms with Crippen LogP contribution in [0.1, 0.15) is 38.2 Å². The van der Waals surface area contributed by atoms with Gasteiger partial charge in [-0.1, -0.05) is 26.0 Å². The van der Waals surface area contributed by atoms with Crippen LogP contribution in [0.3, 0.4) is 0 Å². The Bertz CT molecular complexity index is 815. The van der Waals surface area contributed by atoms with Crippen molar-refractivity contribution in [1.82, 2.24) is 0 Å². The van der Waals surface area contributed by atoms with E-state index >= 15 is 0 Å². The molecule has 2 N–H and O–H groups in total. The van der Waals surface area contributed by atoms with Crippen molar-refractivity contribution in [2.45, 2.75) is 38.5 Å². The predicted octanol–water partition coefficient (Wildman–Crippen LogP) is 2.69. The first-order valence-electron chi connectivity index (χ1n) is 9.13. The number of benzene rings is 1. The Kier molecular flexibility index (Phi) is 4.86. The average Bonchev–Trinajstić information content (AvgIpc) is 3.28. The van der Waals surface area contributed by atoms with Gasteiger partial charge < -0.3 is 19.9 Å². The molecule has 1 aliphatic carbocycles. The van der Waals surface area contributed by atoms with Gasteiger partial charge >= 0.3 is 0 Å². The molecular formula is C20H24N4O3. The van der Waals surface area contributed by atoms with Gasteiger partial charge in [-0.25, -0.2) is 4.99 Å². The van der Waals surface area contributed by atoms with Gasteiger partial charge in [0.05, 0.1) is 32.5 Å². The lowest BCUT2D eigenvalue weighted by atomic mass is 9.93. The molecule has 1 aromatic rings. The molecular weight excluding hydrogens is 344 g/mol. The van der Waals surface area contributed by atoms with E-state index in [4.69, 9.17) is 19.9 Å². The fraction of sp³-hybridized carbons (Fsp3) is 0.550. The van der Waals surface area contributed by atoms with E-state index in [0.29, 0.717) is 19.0 Å². The third-order valence-corrected chi connectivity index (χ3v) is 5.38. The Morgan fingerprint density at radius 3 is 2.11 bits per heavy atom. The SMILES string of the molecule is CCCOC1(OCCC)N=C(N)C2(C#N)C(c3ccc(OC)cc3)C12C#N. The second-order valence-corrected chi connectivity index (χ2v) is 6.82. The number of nitrogens with two attached hydrogens (primary N) is 1. The van der Waals surface area contributed by atoms with E-state index in [1.165, 1.54) is 0 Å². The Balaban J connectivity index is 2.13. The monoisotopic (exact) mass is 368 g/mol. The number of aliphatic imine (C=N–C) groups is 1. The first-order chi connectivity index (χ1) is 13.0. The zero-order chi connectivity index (χ0) is 19.7. The maximum atomic E-state index is 10.2. The standard InChI is InChI=1S/C20H24N4O3/c1-4-10-26-20(27-11-5-2)19(13-22)16(18(19,12-21)17(23)24-20)14-6-8-15(25-3)9-7-14/h6-9,16H,4-5,10-11H2,1-3H3,(H2,23,24). The maximum Gasteiger partial charge on any atom is 0.293 e. The summed E-state index contributed by atoms with van der Waals surface area (Å²) < 4.78 is 17.2. The third-order valence-electron chi connectivity index (χ3n) is 5.38. The van der Waals surface area contributed by atoms with Crippen LogP contribution in [0.25, 0.3) is 0 Å². The van der Waals surface area contributed by atoms with Crippen LogP contribution >= 0.6 is 0 Å². The molecule has 0 bridgehead atoms. The van der Waals surface area contributed by atoms with Gasteiger partial charge in [0.2, 0.25) is 0 Å². The number of methoxy groups -OCH3 is 1. The normalized spacial score (nSPS) is 30.0. The van der Waals surface area contributed by atoms with Crippen LogP contribution in [-0.4, -0.2) is 32.1 Å². The van der Waals surface area contributed by atoms with Crippen LogP contribution in [0, 0.1) is 33.5 Å². The number of nitrogens with zero attached hydrogens (tertiary/aromatic N) is 3. The van der Waals surface area contributed by atoms with Crippen molar-refractivity contribution in [3.8, 4) is 17.9 Å². The molecule has 1 aromatic carbocycles. The second kappa shape index (κ2) is 6.84. The van der Waals surface area contributed by atoms with Crippen molar-refractivity contribution in [2.24, 2.45) is 21.6 Å². The van der Waals surface area contributed by atoms with E-state index in [-0.39, 0.29) is 5.84 Å². The van der Waals surface area contributed by atoms with Crippen molar-refractivity contribution in [2.75, 3.05) is 20.3 Å². The van der Waals surface area contributed by atoms with Crippen LogP contribution in [0.2, 0.25) is 0 Å². The molecule has 0 spiro atoms. The molecule has 7 nitrogen and oxygen atoms in total. The van der Waals surface area contributed by atoms with Gasteiger partial charge in [0.1, 0.15) is 17.0 Å². The average molecular weight is 368 g/mol. The molecule has 1 aliphatic heterocycles. The molecule has 7 heteroatoms. The molecule has 1 saturated carbocycles. The fourth-order valence-electron chi connectivity index (χ4n) is 4.14. The van der Waals surface area contributed by atoms with Gasteiger partial charge in [0.15, 0.2) is 5.41 Å². The molecule has 3 unspecified atom stereocenters. The van der Waals surface area contributed by atoms with Gasteiger partial charge in [-0.3, -0.25) is 0 Å². The minimum Gasteiger partial charge on any atom is -0.497 e. The first-order valence-corrected chi connectivity index (χ1v) is 9.13. The first kappa shape index (κ1) is 19.2. The summed E-state index contributed by atoms with van der Waals surface area (Å²) in [4.78, 5) is 4.40. The molecule has 3 atom stereocenters. The van der Waals surface area contributed by atoms with Gasteiger partial charge in [-0.05, 0) is 30.5 Å². The number of hydrogen-bond acceptors (Lipinski definition) is 7. The highest BCUT2D eigenvalue weighted by molar-refractivity contribution is 6.00. The van der Waals surface area contributed by atoms with E-state index < -0.39 is 22.7 Å². The van der Waals surface area contributed by atoms with E-state index in [9.17, 15) is 10.5 Å². The highest BCUT2D eigenvalue weighted by atomic mass is 16.7. The Hall–Kier alpha value is -2.61. The molecule has 0 radical (unpaired) electrons. The smallest absolute Gasteiger partial charge is 0.293 e. The number of rotatable bonds is 8.